The summed E-state index contributed by atoms with van der Waals surface area (Å²) in [5.41, 5.74) is 0.794. The smallest absolute Gasteiger partial charge is 0.311 e. The molecule has 0 spiro atoms. The van der Waals surface area contributed by atoms with E-state index in [0.29, 0.717) is 11.3 Å². The van der Waals surface area contributed by atoms with Gasteiger partial charge >= 0.3 is 5.97 Å². The van der Waals surface area contributed by atoms with Gasteiger partial charge in [-0.15, -0.1) is 0 Å². The van der Waals surface area contributed by atoms with Crippen LogP contribution in [0, 0.1) is 12.7 Å². The number of carboxylic acids is 1. The van der Waals surface area contributed by atoms with Gasteiger partial charge in [0.2, 0.25) is 0 Å². The number of aryl methyl sites for hydroxylation is 1. The van der Waals surface area contributed by atoms with Gasteiger partial charge in [0.25, 0.3) is 5.91 Å². The van der Waals surface area contributed by atoms with E-state index in [1.54, 1.807) is 13.8 Å². The second-order valence-corrected chi connectivity index (χ2v) is 5.38. The molecule has 1 aromatic heterocycles. The molecule has 1 aromatic carbocycles. The number of nitrogens with one attached hydrogen (secondary N) is 1. The van der Waals surface area contributed by atoms with Crippen LogP contribution in [0.4, 0.5) is 4.39 Å². The predicted molar refractivity (Wildman–Crippen MR) is 83.6 cm³/mol. The van der Waals surface area contributed by atoms with Crippen molar-refractivity contribution >= 4 is 11.9 Å². The number of ether oxygens (including phenoxy) is 1. The highest BCUT2D eigenvalue weighted by Crippen LogP contribution is 2.17. The van der Waals surface area contributed by atoms with Gasteiger partial charge in [-0.1, -0.05) is 0 Å². The Kier molecular flexibility index (Phi) is 5.57. The largest absolute Gasteiger partial charge is 0.489 e. The van der Waals surface area contributed by atoms with E-state index in [4.69, 9.17) is 14.3 Å². The lowest BCUT2D eigenvalue weighted by atomic mass is 10.1. The van der Waals surface area contributed by atoms with Crippen LogP contribution in [0.15, 0.2) is 34.9 Å². The SMILES string of the molecule is Cc1coc(CC(=O)O)c1C(=O)NCC(C)Oc1ccc(F)cc1. The molecule has 0 bridgehead atoms. The highest BCUT2D eigenvalue weighted by molar-refractivity contribution is 5.97. The van der Waals surface area contributed by atoms with Gasteiger partial charge in [0, 0.05) is 5.56 Å². The lowest BCUT2D eigenvalue weighted by Crippen LogP contribution is -2.34. The molecule has 0 radical (unpaired) electrons. The van der Waals surface area contributed by atoms with E-state index >= 15 is 0 Å². The molecule has 2 N–H and O–H groups in total. The molecule has 1 atom stereocenters. The maximum absolute atomic E-state index is 12.8. The number of benzene rings is 1. The van der Waals surface area contributed by atoms with Crippen molar-refractivity contribution in [3.8, 4) is 5.75 Å². The number of aliphatic carboxylic acids is 1. The van der Waals surface area contributed by atoms with Crippen LogP contribution in [0.25, 0.3) is 0 Å². The average molecular weight is 335 g/mol. The number of halogens is 1. The van der Waals surface area contributed by atoms with Crippen molar-refractivity contribution in [1.29, 1.82) is 0 Å². The number of carbonyl (C=O) groups is 2. The number of carboxylic acid groups (broad SMARTS) is 1. The van der Waals surface area contributed by atoms with Crippen LogP contribution in [-0.2, 0) is 11.2 Å². The highest BCUT2D eigenvalue weighted by atomic mass is 19.1. The maximum atomic E-state index is 12.8. The van der Waals surface area contributed by atoms with Crippen molar-refractivity contribution < 1.29 is 28.2 Å². The van der Waals surface area contributed by atoms with Crippen molar-refractivity contribution in [2.75, 3.05) is 6.54 Å². The first kappa shape index (κ1) is 17.5. The summed E-state index contributed by atoms with van der Waals surface area (Å²) in [6.45, 7) is 3.62. The molecule has 1 unspecified atom stereocenters. The van der Waals surface area contributed by atoms with Gasteiger partial charge in [-0.3, -0.25) is 9.59 Å². The summed E-state index contributed by atoms with van der Waals surface area (Å²) in [6.07, 6.45) is 0.638. The van der Waals surface area contributed by atoms with Crippen LogP contribution >= 0.6 is 0 Å². The van der Waals surface area contributed by atoms with Crippen molar-refractivity contribution in [3.05, 3.63) is 53.2 Å². The fraction of sp³-hybridized carbons (Fsp3) is 0.294. The minimum Gasteiger partial charge on any atom is -0.489 e. The Bertz CT molecular complexity index is 723. The number of amides is 1. The second kappa shape index (κ2) is 7.63. The average Bonchev–Trinajstić information content (AvgIpc) is 2.87. The summed E-state index contributed by atoms with van der Waals surface area (Å²) in [4.78, 5) is 23.1. The van der Waals surface area contributed by atoms with Crippen molar-refractivity contribution in [2.45, 2.75) is 26.4 Å². The monoisotopic (exact) mass is 335 g/mol. The lowest BCUT2D eigenvalue weighted by Gasteiger charge is -2.15. The molecule has 1 heterocycles. The number of carbonyl (C=O) groups excluding carboxylic acids is 1. The van der Waals surface area contributed by atoms with Crippen molar-refractivity contribution in [3.63, 3.8) is 0 Å². The Morgan fingerprint density at radius 2 is 2.00 bits per heavy atom. The molecule has 0 fully saturated rings. The standard InChI is InChI=1S/C17H18FNO5/c1-10-9-23-14(7-15(20)21)16(10)17(22)19-8-11(2)24-13-5-3-12(18)4-6-13/h3-6,9,11H,7-8H2,1-2H3,(H,19,22)(H,20,21). The van der Waals surface area contributed by atoms with Crippen molar-refractivity contribution in [2.24, 2.45) is 0 Å². The molecule has 0 aliphatic carbocycles. The zero-order chi connectivity index (χ0) is 17.7. The Labute approximate surface area is 138 Å². The van der Waals surface area contributed by atoms with Gasteiger partial charge in [-0.2, -0.15) is 0 Å². The first-order valence-electron chi connectivity index (χ1n) is 7.36. The molecule has 2 aromatic rings. The fourth-order valence-electron chi connectivity index (χ4n) is 2.18. The normalized spacial score (nSPS) is 11.8. The third-order valence-electron chi connectivity index (χ3n) is 3.29. The summed E-state index contributed by atoms with van der Waals surface area (Å²) >= 11 is 0. The molecule has 2 rings (SSSR count). The molecule has 1 amide bonds. The Balaban J connectivity index is 1.94. The van der Waals surface area contributed by atoms with Crippen LogP contribution in [0.5, 0.6) is 5.75 Å². The van der Waals surface area contributed by atoms with Gasteiger partial charge < -0.3 is 19.6 Å². The van der Waals surface area contributed by atoms with Gasteiger partial charge in [0.1, 0.15) is 29.9 Å². The molecule has 0 saturated heterocycles. The zero-order valence-electron chi connectivity index (χ0n) is 13.3. The first-order valence-corrected chi connectivity index (χ1v) is 7.36. The first-order chi connectivity index (χ1) is 11.4. The van der Waals surface area contributed by atoms with E-state index in [1.165, 1.54) is 30.5 Å². The zero-order valence-corrected chi connectivity index (χ0v) is 13.3. The number of hydrogen-bond acceptors (Lipinski definition) is 4. The van der Waals surface area contributed by atoms with Gasteiger partial charge in [0.15, 0.2) is 0 Å². The summed E-state index contributed by atoms with van der Waals surface area (Å²) in [6, 6.07) is 5.57. The second-order valence-electron chi connectivity index (χ2n) is 5.38. The summed E-state index contributed by atoms with van der Waals surface area (Å²) in [5.74, 6) is -1.25. The Morgan fingerprint density at radius 3 is 2.62 bits per heavy atom. The van der Waals surface area contributed by atoms with Crippen LogP contribution in [0.1, 0.15) is 28.6 Å². The molecular formula is C17H18FNO5. The maximum Gasteiger partial charge on any atom is 0.311 e. The van der Waals surface area contributed by atoms with Gasteiger partial charge in [0.05, 0.1) is 18.4 Å². The molecule has 0 aliphatic rings. The molecular weight excluding hydrogens is 317 g/mol. The highest BCUT2D eigenvalue weighted by Gasteiger charge is 2.20. The summed E-state index contributed by atoms with van der Waals surface area (Å²) in [5, 5.41) is 11.5. The number of furan rings is 1. The summed E-state index contributed by atoms with van der Waals surface area (Å²) in [7, 11) is 0. The van der Waals surface area contributed by atoms with Crippen molar-refractivity contribution in [1.82, 2.24) is 5.32 Å². The molecule has 128 valence electrons. The van der Waals surface area contributed by atoms with Gasteiger partial charge in [-0.05, 0) is 38.1 Å². The third-order valence-corrected chi connectivity index (χ3v) is 3.29. The minimum absolute atomic E-state index is 0.115. The van der Waals surface area contributed by atoms with Gasteiger partial charge in [-0.25, -0.2) is 4.39 Å². The summed E-state index contributed by atoms with van der Waals surface area (Å²) < 4.78 is 23.5. The lowest BCUT2D eigenvalue weighted by molar-refractivity contribution is -0.136. The topological polar surface area (TPSA) is 88.8 Å². The Morgan fingerprint density at radius 1 is 1.33 bits per heavy atom. The molecule has 0 saturated carbocycles. The van der Waals surface area contributed by atoms with E-state index in [2.05, 4.69) is 5.32 Å². The quantitative estimate of drug-likeness (QED) is 0.812. The van der Waals surface area contributed by atoms with E-state index in [9.17, 15) is 14.0 Å². The molecule has 7 heteroatoms. The molecule has 6 nitrogen and oxygen atoms in total. The van der Waals surface area contributed by atoms with Crippen LogP contribution in [-0.4, -0.2) is 29.6 Å². The number of hydrogen-bond donors (Lipinski definition) is 2. The van der Waals surface area contributed by atoms with Crippen LogP contribution in [0.2, 0.25) is 0 Å². The van der Waals surface area contributed by atoms with E-state index in [-0.39, 0.29) is 36.2 Å². The fourth-order valence-corrected chi connectivity index (χ4v) is 2.18. The third kappa shape index (κ3) is 4.58. The predicted octanol–water partition coefficient (Wildman–Crippen LogP) is 2.55. The van der Waals surface area contributed by atoms with E-state index in [1.807, 2.05) is 0 Å². The minimum atomic E-state index is -1.08. The Hall–Kier alpha value is -2.83. The van der Waals surface area contributed by atoms with E-state index in [0.717, 1.165) is 0 Å². The van der Waals surface area contributed by atoms with Crippen LogP contribution < -0.4 is 10.1 Å². The number of rotatable bonds is 7. The molecule has 0 aliphatic heterocycles. The van der Waals surface area contributed by atoms with Crippen LogP contribution in [0.3, 0.4) is 0 Å². The van der Waals surface area contributed by atoms with E-state index < -0.39 is 11.9 Å². The molecule has 24 heavy (non-hydrogen) atoms.